The Labute approximate surface area is 64.6 Å². The van der Waals surface area contributed by atoms with E-state index in [0.717, 1.165) is 0 Å². The van der Waals surface area contributed by atoms with E-state index in [0.29, 0.717) is 18.3 Å². The zero-order valence-electron chi connectivity index (χ0n) is 6.24. The molecule has 0 spiro atoms. The highest BCUT2D eigenvalue weighted by Crippen LogP contribution is 2.06. The van der Waals surface area contributed by atoms with Crippen molar-refractivity contribution in [3.05, 3.63) is 12.4 Å². The summed E-state index contributed by atoms with van der Waals surface area (Å²) in [5, 5.41) is 0. The summed E-state index contributed by atoms with van der Waals surface area (Å²) in [7, 11) is 0. The molecule has 5 nitrogen and oxygen atoms in total. The number of hydrogen-bond acceptors (Lipinski definition) is 5. The van der Waals surface area contributed by atoms with Crippen LogP contribution < -0.4 is 16.0 Å². The number of anilines is 1. The lowest BCUT2D eigenvalue weighted by Gasteiger charge is -2.02. The average Bonchev–Trinajstić information content (AvgIpc) is 2.06. The number of ether oxygens (including phenoxy) is 1. The summed E-state index contributed by atoms with van der Waals surface area (Å²) in [6.07, 6.45) is 3.05. The molecule has 1 aromatic heterocycles. The molecule has 0 aliphatic heterocycles. The molecule has 0 aromatic carbocycles. The quantitative estimate of drug-likeness (QED) is 0.479. The van der Waals surface area contributed by atoms with E-state index < -0.39 is 0 Å². The molecule has 1 aromatic rings. The van der Waals surface area contributed by atoms with Gasteiger partial charge in [0.05, 0.1) is 19.0 Å². The van der Waals surface area contributed by atoms with Crippen LogP contribution >= 0.6 is 0 Å². The number of nitrogens with two attached hydrogens (primary N) is 1. The van der Waals surface area contributed by atoms with Gasteiger partial charge < -0.3 is 10.2 Å². The Morgan fingerprint density at radius 3 is 3.09 bits per heavy atom. The van der Waals surface area contributed by atoms with Crippen LogP contribution in [-0.4, -0.2) is 16.6 Å². The van der Waals surface area contributed by atoms with Crippen LogP contribution in [0.1, 0.15) is 6.92 Å². The van der Waals surface area contributed by atoms with Gasteiger partial charge in [-0.2, -0.15) is 4.98 Å². The number of hydrazine groups is 1. The van der Waals surface area contributed by atoms with Crippen LogP contribution in [0.25, 0.3) is 0 Å². The second-order valence-electron chi connectivity index (χ2n) is 1.82. The lowest BCUT2D eigenvalue weighted by Crippen LogP contribution is -2.09. The topological polar surface area (TPSA) is 73.1 Å². The number of nitrogen functional groups attached to an aromatic ring is 1. The SMILES string of the molecule is CCOc1cncc(NN)n1. The molecule has 0 atom stereocenters. The molecule has 0 bridgehead atoms. The third-order valence-electron chi connectivity index (χ3n) is 1.05. The Balaban J connectivity index is 2.74. The van der Waals surface area contributed by atoms with E-state index in [-0.39, 0.29) is 0 Å². The molecule has 1 rings (SSSR count). The van der Waals surface area contributed by atoms with E-state index in [9.17, 15) is 0 Å². The number of hydrogen-bond donors (Lipinski definition) is 2. The number of nitrogens with zero attached hydrogens (tertiary/aromatic N) is 2. The van der Waals surface area contributed by atoms with Crippen LogP contribution in [0.2, 0.25) is 0 Å². The fourth-order valence-corrected chi connectivity index (χ4v) is 0.635. The van der Waals surface area contributed by atoms with Crippen molar-refractivity contribution in [1.82, 2.24) is 9.97 Å². The molecule has 0 aliphatic rings. The van der Waals surface area contributed by atoms with Crippen molar-refractivity contribution in [1.29, 1.82) is 0 Å². The molecule has 11 heavy (non-hydrogen) atoms. The van der Waals surface area contributed by atoms with Crippen molar-refractivity contribution in [2.24, 2.45) is 5.84 Å². The van der Waals surface area contributed by atoms with Crippen LogP contribution in [-0.2, 0) is 0 Å². The van der Waals surface area contributed by atoms with E-state index in [1.54, 1.807) is 0 Å². The minimum Gasteiger partial charge on any atom is -0.477 e. The third-order valence-corrected chi connectivity index (χ3v) is 1.05. The lowest BCUT2D eigenvalue weighted by molar-refractivity contribution is 0.325. The molecule has 0 saturated heterocycles. The van der Waals surface area contributed by atoms with E-state index >= 15 is 0 Å². The van der Waals surface area contributed by atoms with Crippen molar-refractivity contribution in [2.75, 3.05) is 12.0 Å². The van der Waals surface area contributed by atoms with Gasteiger partial charge in [-0.15, -0.1) is 0 Å². The minimum atomic E-state index is 0.475. The Bertz CT molecular complexity index is 228. The van der Waals surface area contributed by atoms with Crippen LogP contribution in [0, 0.1) is 0 Å². The number of aromatic nitrogens is 2. The fourth-order valence-electron chi connectivity index (χ4n) is 0.635. The summed E-state index contributed by atoms with van der Waals surface area (Å²) in [5.41, 5.74) is 2.37. The molecular formula is C6H10N4O. The Morgan fingerprint density at radius 1 is 1.64 bits per heavy atom. The average molecular weight is 154 g/mol. The number of nitrogens with one attached hydrogen (secondary N) is 1. The molecule has 5 heteroatoms. The maximum absolute atomic E-state index is 5.11. The smallest absolute Gasteiger partial charge is 0.234 e. The molecule has 3 N–H and O–H groups in total. The summed E-state index contributed by atoms with van der Waals surface area (Å²) in [6.45, 7) is 2.45. The van der Waals surface area contributed by atoms with Gasteiger partial charge in [-0.3, -0.25) is 4.98 Å². The summed E-state index contributed by atoms with van der Waals surface area (Å²) in [4.78, 5) is 7.80. The van der Waals surface area contributed by atoms with Crippen LogP contribution in [0.3, 0.4) is 0 Å². The van der Waals surface area contributed by atoms with E-state index in [1.807, 2.05) is 6.92 Å². The zero-order chi connectivity index (χ0) is 8.10. The highest BCUT2D eigenvalue weighted by atomic mass is 16.5. The molecule has 60 valence electrons. The van der Waals surface area contributed by atoms with Crippen molar-refractivity contribution in [3.63, 3.8) is 0 Å². The largest absolute Gasteiger partial charge is 0.477 e. The van der Waals surface area contributed by atoms with Gasteiger partial charge in [0.25, 0.3) is 0 Å². The predicted molar refractivity (Wildman–Crippen MR) is 41.0 cm³/mol. The Kier molecular flexibility index (Phi) is 2.62. The van der Waals surface area contributed by atoms with Gasteiger partial charge in [0, 0.05) is 0 Å². The lowest BCUT2D eigenvalue weighted by atomic mass is 10.6. The van der Waals surface area contributed by atoms with Gasteiger partial charge in [0.15, 0.2) is 5.82 Å². The Morgan fingerprint density at radius 2 is 2.45 bits per heavy atom. The fraction of sp³-hybridized carbons (Fsp3) is 0.333. The minimum absolute atomic E-state index is 0.475. The van der Waals surface area contributed by atoms with E-state index in [1.165, 1.54) is 12.4 Å². The summed E-state index contributed by atoms with van der Waals surface area (Å²) >= 11 is 0. The highest BCUT2D eigenvalue weighted by Gasteiger charge is 1.95. The first-order valence-electron chi connectivity index (χ1n) is 3.28. The zero-order valence-corrected chi connectivity index (χ0v) is 6.24. The van der Waals surface area contributed by atoms with Gasteiger partial charge in [0.2, 0.25) is 5.88 Å². The van der Waals surface area contributed by atoms with Gasteiger partial charge in [0.1, 0.15) is 0 Å². The highest BCUT2D eigenvalue weighted by molar-refractivity contribution is 5.30. The monoisotopic (exact) mass is 154 g/mol. The molecule has 1 heterocycles. The van der Waals surface area contributed by atoms with Crippen LogP contribution in [0.5, 0.6) is 5.88 Å². The van der Waals surface area contributed by atoms with Gasteiger partial charge >= 0.3 is 0 Å². The van der Waals surface area contributed by atoms with Crippen molar-refractivity contribution >= 4 is 5.82 Å². The van der Waals surface area contributed by atoms with Gasteiger partial charge in [-0.1, -0.05) is 0 Å². The first-order valence-corrected chi connectivity index (χ1v) is 3.28. The Hall–Kier alpha value is -1.36. The van der Waals surface area contributed by atoms with Crippen LogP contribution in [0.4, 0.5) is 5.82 Å². The van der Waals surface area contributed by atoms with E-state index in [4.69, 9.17) is 10.6 Å². The first kappa shape index (κ1) is 7.74. The molecule has 0 unspecified atom stereocenters. The molecule has 0 amide bonds. The van der Waals surface area contributed by atoms with Crippen LogP contribution in [0.15, 0.2) is 12.4 Å². The summed E-state index contributed by atoms with van der Waals surface area (Å²) in [6, 6.07) is 0. The predicted octanol–water partition coefficient (Wildman–Crippen LogP) is 0.161. The van der Waals surface area contributed by atoms with Crippen molar-refractivity contribution in [2.45, 2.75) is 6.92 Å². The van der Waals surface area contributed by atoms with Gasteiger partial charge in [-0.05, 0) is 6.92 Å². The van der Waals surface area contributed by atoms with Crippen molar-refractivity contribution in [3.8, 4) is 5.88 Å². The second kappa shape index (κ2) is 3.72. The molecule has 0 saturated carbocycles. The normalized spacial score (nSPS) is 9.27. The summed E-state index contributed by atoms with van der Waals surface area (Å²) in [5.74, 6) is 6.08. The number of rotatable bonds is 3. The third kappa shape index (κ3) is 2.05. The first-order chi connectivity index (χ1) is 5.36. The van der Waals surface area contributed by atoms with Crippen molar-refractivity contribution < 1.29 is 4.74 Å². The van der Waals surface area contributed by atoms with E-state index in [2.05, 4.69) is 15.4 Å². The molecule has 0 fully saturated rings. The molecular weight excluding hydrogens is 144 g/mol. The van der Waals surface area contributed by atoms with Gasteiger partial charge in [-0.25, -0.2) is 5.84 Å². The summed E-state index contributed by atoms with van der Waals surface area (Å²) < 4.78 is 5.08. The molecule has 0 aliphatic carbocycles. The standard InChI is InChI=1S/C6H10N4O/c1-2-11-6-4-8-3-5(9-6)10-7/h3-4H,2,7H2,1H3,(H,9,10). The maximum Gasteiger partial charge on any atom is 0.234 e. The maximum atomic E-state index is 5.11. The molecule has 0 radical (unpaired) electrons. The second-order valence-corrected chi connectivity index (χ2v) is 1.82.